The molecule has 4 nitrogen and oxygen atoms in total. The molecule has 1 aliphatic heterocycles. The largest absolute Gasteiger partial charge is 0.368 e. The number of nitrogens with one attached hydrogen (secondary N) is 2. The van der Waals surface area contributed by atoms with Crippen molar-refractivity contribution in [3.8, 4) is 0 Å². The van der Waals surface area contributed by atoms with Crippen LogP contribution in [0.5, 0.6) is 0 Å². The molecular formula is C14H26N2O2. The molecule has 0 spiro atoms. The number of carbonyl (C=O) groups is 1. The number of rotatable bonds is 3. The van der Waals surface area contributed by atoms with Crippen LogP contribution >= 0.6 is 0 Å². The van der Waals surface area contributed by atoms with E-state index in [0.29, 0.717) is 12.0 Å². The van der Waals surface area contributed by atoms with E-state index in [-0.39, 0.29) is 5.91 Å². The highest BCUT2D eigenvalue weighted by atomic mass is 16.5. The highest BCUT2D eigenvalue weighted by Gasteiger charge is 2.41. The van der Waals surface area contributed by atoms with E-state index in [1.165, 1.54) is 19.3 Å². The second kappa shape index (κ2) is 6.02. The van der Waals surface area contributed by atoms with Gasteiger partial charge in [0.15, 0.2) is 0 Å². The van der Waals surface area contributed by atoms with Gasteiger partial charge in [0.05, 0.1) is 0 Å². The van der Waals surface area contributed by atoms with E-state index in [4.69, 9.17) is 4.74 Å². The molecule has 1 saturated heterocycles. The Hall–Kier alpha value is -0.610. The van der Waals surface area contributed by atoms with Gasteiger partial charge in [0.25, 0.3) is 5.91 Å². The molecule has 2 atom stereocenters. The molecule has 1 saturated carbocycles. The summed E-state index contributed by atoms with van der Waals surface area (Å²) in [7, 11) is 1.66. The van der Waals surface area contributed by atoms with Crippen molar-refractivity contribution in [1.82, 2.24) is 10.6 Å². The van der Waals surface area contributed by atoms with Gasteiger partial charge in [0.2, 0.25) is 0 Å². The zero-order valence-corrected chi connectivity index (χ0v) is 11.6. The number of amides is 1. The molecule has 0 bridgehead atoms. The molecule has 0 aromatic rings. The molecule has 1 aliphatic carbocycles. The van der Waals surface area contributed by atoms with E-state index < -0.39 is 5.60 Å². The van der Waals surface area contributed by atoms with Crippen LogP contribution in [0.1, 0.15) is 45.4 Å². The van der Waals surface area contributed by atoms with E-state index in [2.05, 4.69) is 17.6 Å². The second-order valence-electron chi connectivity index (χ2n) is 5.79. The van der Waals surface area contributed by atoms with E-state index in [0.717, 1.165) is 32.4 Å². The van der Waals surface area contributed by atoms with Gasteiger partial charge in [-0.05, 0) is 44.7 Å². The van der Waals surface area contributed by atoms with Gasteiger partial charge >= 0.3 is 0 Å². The number of carbonyl (C=O) groups excluding carboxylic acids is 1. The third-order valence-electron chi connectivity index (χ3n) is 4.64. The zero-order chi connectivity index (χ0) is 13.0. The van der Waals surface area contributed by atoms with Crippen molar-refractivity contribution in [2.75, 3.05) is 20.2 Å². The minimum atomic E-state index is -0.595. The van der Waals surface area contributed by atoms with Crippen LogP contribution in [-0.4, -0.2) is 37.7 Å². The van der Waals surface area contributed by atoms with Crippen LogP contribution in [0, 0.1) is 5.92 Å². The second-order valence-corrected chi connectivity index (χ2v) is 5.79. The van der Waals surface area contributed by atoms with Gasteiger partial charge in [-0.25, -0.2) is 0 Å². The normalized spacial score (nSPS) is 31.9. The number of methoxy groups -OCH3 is 1. The van der Waals surface area contributed by atoms with Gasteiger partial charge in [-0.3, -0.25) is 4.79 Å². The average Bonchev–Trinajstić information content (AvgIpc) is 2.42. The van der Waals surface area contributed by atoms with Crippen molar-refractivity contribution >= 4 is 5.91 Å². The molecule has 0 aromatic carbocycles. The van der Waals surface area contributed by atoms with Crippen LogP contribution in [0.4, 0.5) is 0 Å². The Kier molecular flexibility index (Phi) is 4.62. The number of hydrogen-bond acceptors (Lipinski definition) is 3. The van der Waals surface area contributed by atoms with E-state index in [9.17, 15) is 4.79 Å². The maximum absolute atomic E-state index is 12.5. The van der Waals surface area contributed by atoms with Gasteiger partial charge in [-0.15, -0.1) is 0 Å². The van der Waals surface area contributed by atoms with Gasteiger partial charge in [-0.2, -0.15) is 0 Å². The van der Waals surface area contributed by atoms with Gasteiger partial charge < -0.3 is 15.4 Å². The summed E-state index contributed by atoms with van der Waals surface area (Å²) >= 11 is 0. The standard InChI is InChI=1S/C14H26N2O2/c1-11-5-3-4-6-12(11)16-13(17)14(18-2)7-9-15-10-8-14/h11-12,15H,3-10H2,1-2H3,(H,16,17). The van der Waals surface area contributed by atoms with Crippen molar-refractivity contribution < 1.29 is 9.53 Å². The van der Waals surface area contributed by atoms with E-state index >= 15 is 0 Å². The Labute approximate surface area is 110 Å². The average molecular weight is 254 g/mol. The van der Waals surface area contributed by atoms with Crippen molar-refractivity contribution in [1.29, 1.82) is 0 Å². The quantitative estimate of drug-likeness (QED) is 0.801. The van der Waals surface area contributed by atoms with Crippen molar-refractivity contribution in [2.45, 2.75) is 57.1 Å². The Morgan fingerprint density at radius 3 is 2.56 bits per heavy atom. The Morgan fingerprint density at radius 1 is 1.28 bits per heavy atom. The molecule has 2 unspecified atom stereocenters. The smallest absolute Gasteiger partial charge is 0.252 e. The lowest BCUT2D eigenvalue weighted by atomic mass is 9.84. The van der Waals surface area contributed by atoms with Crippen LogP contribution in [0.2, 0.25) is 0 Å². The Bertz CT molecular complexity index is 288. The Balaban J connectivity index is 1.96. The summed E-state index contributed by atoms with van der Waals surface area (Å²) in [6.07, 6.45) is 6.42. The molecule has 1 heterocycles. The summed E-state index contributed by atoms with van der Waals surface area (Å²) in [5.41, 5.74) is -0.595. The summed E-state index contributed by atoms with van der Waals surface area (Å²) in [4.78, 5) is 12.5. The van der Waals surface area contributed by atoms with Crippen LogP contribution in [0.3, 0.4) is 0 Å². The number of hydrogen-bond donors (Lipinski definition) is 2. The number of piperidine rings is 1. The summed E-state index contributed by atoms with van der Waals surface area (Å²) in [5.74, 6) is 0.698. The third-order valence-corrected chi connectivity index (χ3v) is 4.64. The lowest BCUT2D eigenvalue weighted by molar-refractivity contribution is -0.148. The van der Waals surface area contributed by atoms with E-state index in [1.54, 1.807) is 7.11 Å². The monoisotopic (exact) mass is 254 g/mol. The maximum Gasteiger partial charge on any atom is 0.252 e. The van der Waals surface area contributed by atoms with Crippen LogP contribution < -0.4 is 10.6 Å². The van der Waals surface area contributed by atoms with Crippen molar-refractivity contribution in [3.05, 3.63) is 0 Å². The summed E-state index contributed by atoms with van der Waals surface area (Å²) in [5, 5.41) is 6.52. The van der Waals surface area contributed by atoms with Gasteiger partial charge in [0.1, 0.15) is 5.60 Å². The number of ether oxygens (including phenoxy) is 1. The molecule has 4 heteroatoms. The van der Waals surface area contributed by atoms with Crippen LogP contribution in [0.15, 0.2) is 0 Å². The fourth-order valence-corrected chi connectivity index (χ4v) is 3.19. The fourth-order valence-electron chi connectivity index (χ4n) is 3.19. The molecule has 2 aliphatic rings. The summed E-state index contributed by atoms with van der Waals surface area (Å²) in [6, 6.07) is 0.341. The summed E-state index contributed by atoms with van der Waals surface area (Å²) < 4.78 is 5.57. The van der Waals surface area contributed by atoms with Crippen LogP contribution in [0.25, 0.3) is 0 Å². The molecule has 104 valence electrons. The van der Waals surface area contributed by atoms with E-state index in [1.807, 2.05) is 0 Å². The minimum Gasteiger partial charge on any atom is -0.368 e. The lowest BCUT2D eigenvalue weighted by Gasteiger charge is -2.38. The van der Waals surface area contributed by atoms with Crippen molar-refractivity contribution in [2.24, 2.45) is 5.92 Å². The minimum absolute atomic E-state index is 0.102. The topological polar surface area (TPSA) is 50.4 Å². The molecule has 1 amide bonds. The predicted octanol–water partition coefficient (Wildman–Crippen LogP) is 1.45. The zero-order valence-electron chi connectivity index (χ0n) is 11.6. The first-order chi connectivity index (χ1) is 8.68. The fraction of sp³-hybridized carbons (Fsp3) is 0.929. The molecule has 2 rings (SSSR count). The van der Waals surface area contributed by atoms with Gasteiger partial charge in [0, 0.05) is 13.2 Å². The first-order valence-corrected chi connectivity index (χ1v) is 7.25. The molecule has 18 heavy (non-hydrogen) atoms. The van der Waals surface area contributed by atoms with Crippen molar-refractivity contribution in [3.63, 3.8) is 0 Å². The predicted molar refractivity (Wildman–Crippen MR) is 71.4 cm³/mol. The maximum atomic E-state index is 12.5. The molecule has 0 radical (unpaired) electrons. The first kappa shape index (κ1) is 13.8. The van der Waals surface area contributed by atoms with Crippen LogP contribution in [-0.2, 0) is 9.53 Å². The highest BCUT2D eigenvalue weighted by Crippen LogP contribution is 2.27. The SMILES string of the molecule is COC1(C(=O)NC2CCCCC2C)CCNCC1. The molecule has 2 fully saturated rings. The summed E-state index contributed by atoms with van der Waals surface area (Å²) in [6.45, 7) is 3.97. The highest BCUT2D eigenvalue weighted by molar-refractivity contribution is 5.85. The molecular weight excluding hydrogens is 228 g/mol. The lowest BCUT2D eigenvalue weighted by Crippen LogP contribution is -2.57. The Morgan fingerprint density at radius 2 is 1.94 bits per heavy atom. The first-order valence-electron chi connectivity index (χ1n) is 7.25. The molecule has 2 N–H and O–H groups in total. The molecule has 0 aromatic heterocycles. The third kappa shape index (κ3) is 2.86. The van der Waals surface area contributed by atoms with Gasteiger partial charge in [-0.1, -0.05) is 19.8 Å².